The van der Waals surface area contributed by atoms with Gasteiger partial charge in [-0.05, 0) is 47.5 Å². The lowest BCUT2D eigenvalue weighted by Crippen LogP contribution is -2.12. The Hall–Kier alpha value is -3.16. The van der Waals surface area contributed by atoms with Crippen molar-refractivity contribution >= 4 is 22.7 Å². The molecule has 2 aromatic carbocycles. The largest absolute Gasteiger partial charge is 0.416 e. The van der Waals surface area contributed by atoms with Crippen LogP contribution in [0, 0.1) is 0 Å². The van der Waals surface area contributed by atoms with Crippen molar-refractivity contribution in [2.75, 3.05) is 0 Å². The van der Waals surface area contributed by atoms with Gasteiger partial charge in [0.15, 0.2) is 11.6 Å². The van der Waals surface area contributed by atoms with Crippen LogP contribution in [0.3, 0.4) is 0 Å². The summed E-state index contributed by atoms with van der Waals surface area (Å²) in [5, 5.41) is 0. The number of benzene rings is 2. The maximum Gasteiger partial charge on any atom is 0.416 e. The van der Waals surface area contributed by atoms with E-state index in [0.29, 0.717) is 0 Å². The number of halogens is 6. The Labute approximate surface area is 154 Å². The molecule has 0 bridgehead atoms. The minimum Gasteiger partial charge on any atom is -0.289 e. The smallest absolute Gasteiger partial charge is 0.289 e. The molecule has 144 valence electrons. The summed E-state index contributed by atoms with van der Waals surface area (Å²) >= 11 is 0. The highest BCUT2D eigenvalue weighted by atomic mass is 19.4. The zero-order valence-corrected chi connectivity index (χ0v) is 13.9. The van der Waals surface area contributed by atoms with Crippen molar-refractivity contribution in [3.63, 3.8) is 0 Å². The fraction of sp³-hybridized carbons (Fsp3) is 0.100. The number of carbonyl (C=O) groups is 2. The Balaban J connectivity index is 1.88. The van der Waals surface area contributed by atoms with Gasteiger partial charge in [0.2, 0.25) is 0 Å². The van der Waals surface area contributed by atoms with E-state index in [4.69, 9.17) is 0 Å². The van der Waals surface area contributed by atoms with Gasteiger partial charge in [-0.3, -0.25) is 9.59 Å². The summed E-state index contributed by atoms with van der Waals surface area (Å²) in [6.45, 7) is 0. The van der Waals surface area contributed by atoms with Gasteiger partial charge >= 0.3 is 12.4 Å². The summed E-state index contributed by atoms with van der Waals surface area (Å²) in [4.78, 5) is 24.7. The van der Waals surface area contributed by atoms with E-state index in [2.05, 4.69) is 0 Å². The van der Waals surface area contributed by atoms with Gasteiger partial charge in [0.25, 0.3) is 0 Å². The molecule has 0 fully saturated rings. The number of allylic oxidation sites excluding steroid dienone is 4. The van der Waals surface area contributed by atoms with Crippen molar-refractivity contribution in [2.24, 2.45) is 0 Å². The Bertz CT molecular complexity index is 907. The second-order valence-electron chi connectivity index (χ2n) is 5.99. The first-order valence-electron chi connectivity index (χ1n) is 7.84. The molecule has 8 heteroatoms. The van der Waals surface area contributed by atoms with Gasteiger partial charge in [0.05, 0.1) is 11.1 Å². The van der Waals surface area contributed by atoms with E-state index in [1.807, 2.05) is 0 Å². The van der Waals surface area contributed by atoms with Crippen LogP contribution in [0.25, 0.3) is 11.1 Å². The minimum absolute atomic E-state index is 0.0885. The predicted octanol–water partition coefficient (Wildman–Crippen LogP) is 5.34. The standard InChI is InChI=1S/C20H10F6O2/c21-19(22,23)13-5-1-11(2-6-13)15-9-18(28)16(10-17(15)27)12-3-7-14(8-4-12)20(24,25)26/h1-10H. The van der Waals surface area contributed by atoms with Crippen molar-refractivity contribution < 1.29 is 35.9 Å². The van der Waals surface area contributed by atoms with E-state index in [9.17, 15) is 35.9 Å². The van der Waals surface area contributed by atoms with Crippen LogP contribution < -0.4 is 0 Å². The molecule has 2 nitrogen and oxygen atoms in total. The number of alkyl halides is 6. The molecule has 28 heavy (non-hydrogen) atoms. The summed E-state index contributed by atoms with van der Waals surface area (Å²) in [7, 11) is 0. The molecule has 1 aliphatic rings. The maximum atomic E-state index is 12.6. The van der Waals surface area contributed by atoms with Crippen LogP contribution in [0.5, 0.6) is 0 Å². The van der Waals surface area contributed by atoms with Gasteiger partial charge in [-0.15, -0.1) is 0 Å². The summed E-state index contributed by atoms with van der Waals surface area (Å²) in [5.74, 6) is -1.26. The molecule has 0 aromatic heterocycles. The molecule has 0 heterocycles. The van der Waals surface area contributed by atoms with Crippen LogP contribution in [-0.2, 0) is 21.9 Å². The Kier molecular flexibility index (Phi) is 4.74. The third kappa shape index (κ3) is 3.90. The summed E-state index contributed by atoms with van der Waals surface area (Å²) in [6.07, 6.45) is -7.13. The maximum absolute atomic E-state index is 12.6. The molecular weight excluding hydrogens is 386 g/mol. The second-order valence-corrected chi connectivity index (χ2v) is 5.99. The fourth-order valence-corrected chi connectivity index (χ4v) is 2.69. The lowest BCUT2D eigenvalue weighted by Gasteiger charge is -2.14. The van der Waals surface area contributed by atoms with E-state index >= 15 is 0 Å². The lowest BCUT2D eigenvalue weighted by atomic mass is 9.88. The first-order chi connectivity index (χ1) is 13.0. The summed E-state index contributed by atoms with van der Waals surface area (Å²) in [5.41, 5.74) is -1.70. The van der Waals surface area contributed by atoms with Gasteiger partial charge in [-0.25, -0.2) is 0 Å². The van der Waals surface area contributed by atoms with E-state index in [1.165, 1.54) is 0 Å². The Morgan fingerprint density at radius 3 is 1.04 bits per heavy atom. The molecule has 0 amide bonds. The number of hydrogen-bond donors (Lipinski definition) is 0. The Morgan fingerprint density at radius 2 is 0.786 bits per heavy atom. The van der Waals surface area contributed by atoms with Crippen LogP contribution >= 0.6 is 0 Å². The van der Waals surface area contributed by atoms with E-state index < -0.39 is 35.0 Å². The first kappa shape index (κ1) is 19.6. The van der Waals surface area contributed by atoms with Crippen molar-refractivity contribution in [1.82, 2.24) is 0 Å². The van der Waals surface area contributed by atoms with Crippen LogP contribution in [0.1, 0.15) is 22.3 Å². The van der Waals surface area contributed by atoms with E-state index in [-0.39, 0.29) is 22.3 Å². The van der Waals surface area contributed by atoms with E-state index in [1.54, 1.807) is 0 Å². The van der Waals surface area contributed by atoms with Crippen molar-refractivity contribution in [3.8, 4) is 0 Å². The zero-order chi connectivity index (χ0) is 20.7. The quantitative estimate of drug-likeness (QED) is 0.507. The molecule has 1 aliphatic carbocycles. The highest BCUT2D eigenvalue weighted by Crippen LogP contribution is 2.33. The zero-order valence-electron chi connectivity index (χ0n) is 13.9. The molecule has 0 aliphatic heterocycles. The third-order valence-electron chi connectivity index (χ3n) is 4.13. The van der Waals surface area contributed by atoms with Crippen LogP contribution in [0.4, 0.5) is 26.3 Å². The molecule has 3 rings (SSSR count). The Morgan fingerprint density at radius 1 is 0.500 bits per heavy atom. The number of carbonyl (C=O) groups excluding carboxylic acids is 2. The van der Waals surface area contributed by atoms with Gasteiger partial charge in [-0.2, -0.15) is 26.3 Å². The number of hydrogen-bond acceptors (Lipinski definition) is 2. The summed E-state index contributed by atoms with van der Waals surface area (Å²) in [6, 6.07) is 7.50. The number of ketones is 2. The second kappa shape index (κ2) is 6.78. The monoisotopic (exact) mass is 396 g/mol. The molecule has 0 spiro atoms. The SMILES string of the molecule is O=C1C=C(c2ccc(C(F)(F)F)cc2)C(=O)C=C1c1ccc(C(F)(F)F)cc1. The number of rotatable bonds is 2. The molecule has 0 N–H and O–H groups in total. The molecule has 2 aromatic rings. The topological polar surface area (TPSA) is 34.1 Å². The molecule has 0 unspecified atom stereocenters. The third-order valence-corrected chi connectivity index (χ3v) is 4.13. The highest BCUT2D eigenvalue weighted by molar-refractivity contribution is 6.43. The van der Waals surface area contributed by atoms with Crippen molar-refractivity contribution in [2.45, 2.75) is 12.4 Å². The predicted molar refractivity (Wildman–Crippen MR) is 88.9 cm³/mol. The van der Waals surface area contributed by atoms with Gasteiger partial charge in [0, 0.05) is 11.1 Å². The molecule has 0 radical (unpaired) electrons. The van der Waals surface area contributed by atoms with Gasteiger partial charge in [0.1, 0.15) is 0 Å². The average molecular weight is 396 g/mol. The molecule has 0 saturated heterocycles. The fourth-order valence-electron chi connectivity index (χ4n) is 2.69. The van der Waals surface area contributed by atoms with Gasteiger partial charge in [-0.1, -0.05) is 24.3 Å². The van der Waals surface area contributed by atoms with Gasteiger partial charge < -0.3 is 0 Å². The van der Waals surface area contributed by atoms with Crippen molar-refractivity contribution in [1.29, 1.82) is 0 Å². The average Bonchev–Trinajstić information content (AvgIpc) is 2.62. The molecular formula is C20H10F6O2. The minimum atomic E-state index is -4.53. The van der Waals surface area contributed by atoms with Crippen LogP contribution in [0.15, 0.2) is 60.7 Å². The molecule has 0 atom stereocenters. The van der Waals surface area contributed by atoms with Crippen LogP contribution in [0.2, 0.25) is 0 Å². The lowest BCUT2D eigenvalue weighted by molar-refractivity contribution is -0.138. The first-order valence-corrected chi connectivity index (χ1v) is 7.84. The van der Waals surface area contributed by atoms with Crippen molar-refractivity contribution in [3.05, 3.63) is 82.9 Å². The summed E-state index contributed by atoms with van der Waals surface area (Å²) < 4.78 is 75.8. The van der Waals surface area contributed by atoms with E-state index in [0.717, 1.165) is 60.7 Å². The van der Waals surface area contributed by atoms with Crippen LogP contribution in [-0.4, -0.2) is 11.6 Å². The molecule has 0 saturated carbocycles. The highest BCUT2D eigenvalue weighted by Gasteiger charge is 2.32. The normalized spacial score (nSPS) is 15.4.